The van der Waals surface area contributed by atoms with Gasteiger partial charge in [0, 0.05) is 0 Å². The maximum absolute atomic E-state index is 8.83. The third-order valence-electron chi connectivity index (χ3n) is 2.47. The van der Waals surface area contributed by atoms with E-state index in [1.165, 1.54) is 0 Å². The second-order valence-electron chi connectivity index (χ2n) is 3.73. The molecule has 3 nitrogen and oxygen atoms in total. The van der Waals surface area contributed by atoms with Gasteiger partial charge >= 0.3 is 0 Å². The molecule has 2 aromatic rings. The average molecular weight is 224 g/mol. The zero-order chi connectivity index (χ0) is 12.3. The van der Waals surface area contributed by atoms with E-state index in [9.17, 15) is 0 Å². The minimum absolute atomic E-state index is 0.592. The Labute approximate surface area is 100 Å². The normalized spacial score (nSPS) is 9.65. The van der Waals surface area contributed by atoms with Crippen LogP contribution in [0.3, 0.4) is 0 Å². The number of hydrogen-bond acceptors (Lipinski definition) is 3. The van der Waals surface area contributed by atoms with Crippen LogP contribution in [-0.4, -0.2) is 0 Å². The van der Waals surface area contributed by atoms with Crippen molar-refractivity contribution in [2.75, 3.05) is 5.73 Å². The molecule has 0 fully saturated rings. The van der Waals surface area contributed by atoms with Gasteiger partial charge in [0.2, 0.25) is 0 Å². The van der Waals surface area contributed by atoms with Crippen LogP contribution in [0.15, 0.2) is 42.5 Å². The van der Waals surface area contributed by atoms with Crippen molar-refractivity contribution >= 4 is 5.69 Å². The number of benzene rings is 2. The molecule has 2 N–H and O–H groups in total. The molecule has 17 heavy (non-hydrogen) atoms. The lowest BCUT2D eigenvalue weighted by molar-refractivity contribution is 0.484. The number of rotatable bonds is 2. The zero-order valence-electron chi connectivity index (χ0n) is 9.47. The van der Waals surface area contributed by atoms with Crippen LogP contribution < -0.4 is 10.5 Å². The van der Waals surface area contributed by atoms with Crippen LogP contribution in [0.1, 0.15) is 11.1 Å². The Morgan fingerprint density at radius 2 is 1.94 bits per heavy atom. The second kappa shape index (κ2) is 4.58. The summed E-state index contributed by atoms with van der Waals surface area (Å²) in [5.41, 5.74) is 7.92. The fourth-order valence-corrected chi connectivity index (χ4v) is 1.53. The summed E-state index contributed by atoms with van der Waals surface area (Å²) in [5, 5.41) is 8.83. The van der Waals surface area contributed by atoms with Gasteiger partial charge < -0.3 is 10.5 Å². The highest BCUT2D eigenvalue weighted by Gasteiger charge is 2.03. The van der Waals surface area contributed by atoms with Crippen molar-refractivity contribution in [2.24, 2.45) is 0 Å². The van der Waals surface area contributed by atoms with Gasteiger partial charge in [0.1, 0.15) is 11.5 Å². The standard InChI is InChI=1S/C14H12N2O/c1-10-8-12(7-6-11(10)9-15)17-14-5-3-2-4-13(14)16/h2-8H,16H2,1H3. The van der Waals surface area contributed by atoms with Gasteiger partial charge in [-0.1, -0.05) is 12.1 Å². The van der Waals surface area contributed by atoms with Gasteiger partial charge in [-0.2, -0.15) is 5.26 Å². The number of nitrogens with two attached hydrogens (primary N) is 1. The highest BCUT2D eigenvalue weighted by molar-refractivity contribution is 5.54. The minimum atomic E-state index is 0.592. The van der Waals surface area contributed by atoms with Crippen molar-refractivity contribution in [3.05, 3.63) is 53.6 Å². The number of aryl methyl sites for hydroxylation is 1. The molecule has 0 radical (unpaired) electrons. The van der Waals surface area contributed by atoms with Crippen molar-refractivity contribution in [2.45, 2.75) is 6.92 Å². The number of para-hydroxylation sites is 2. The van der Waals surface area contributed by atoms with Crippen LogP contribution in [0.25, 0.3) is 0 Å². The molecule has 0 aromatic heterocycles. The largest absolute Gasteiger partial charge is 0.455 e. The Morgan fingerprint density at radius 1 is 1.18 bits per heavy atom. The SMILES string of the molecule is Cc1cc(Oc2ccccc2N)ccc1C#N. The molecule has 0 heterocycles. The quantitative estimate of drug-likeness (QED) is 0.796. The Kier molecular flexibility index (Phi) is 2.97. The molecule has 0 bridgehead atoms. The lowest BCUT2D eigenvalue weighted by Crippen LogP contribution is -1.92. The van der Waals surface area contributed by atoms with E-state index in [0.717, 1.165) is 5.56 Å². The molecule has 0 saturated heterocycles. The van der Waals surface area contributed by atoms with Gasteiger partial charge in [0.25, 0.3) is 0 Å². The molecule has 0 aliphatic rings. The maximum Gasteiger partial charge on any atom is 0.150 e. The topological polar surface area (TPSA) is 59.0 Å². The molecule has 0 unspecified atom stereocenters. The summed E-state index contributed by atoms with van der Waals surface area (Å²) in [6.45, 7) is 1.87. The highest BCUT2D eigenvalue weighted by atomic mass is 16.5. The van der Waals surface area contributed by atoms with Crippen LogP contribution in [-0.2, 0) is 0 Å². The lowest BCUT2D eigenvalue weighted by Gasteiger charge is -2.09. The third-order valence-corrected chi connectivity index (χ3v) is 2.47. The monoisotopic (exact) mass is 224 g/mol. The van der Waals surface area contributed by atoms with E-state index in [0.29, 0.717) is 22.7 Å². The summed E-state index contributed by atoms with van der Waals surface area (Å²) in [7, 11) is 0. The number of hydrogen-bond donors (Lipinski definition) is 1. The summed E-state index contributed by atoms with van der Waals surface area (Å²) in [4.78, 5) is 0. The van der Waals surface area contributed by atoms with E-state index >= 15 is 0 Å². The number of nitrogens with zero attached hydrogens (tertiary/aromatic N) is 1. The van der Waals surface area contributed by atoms with Gasteiger partial charge in [-0.25, -0.2) is 0 Å². The minimum Gasteiger partial charge on any atom is -0.455 e. The van der Waals surface area contributed by atoms with E-state index in [-0.39, 0.29) is 0 Å². The molecular formula is C14H12N2O. The lowest BCUT2D eigenvalue weighted by atomic mass is 10.1. The van der Waals surface area contributed by atoms with Gasteiger partial charge in [0.15, 0.2) is 0 Å². The molecule has 2 rings (SSSR count). The average Bonchev–Trinajstić information content (AvgIpc) is 2.32. The first-order chi connectivity index (χ1) is 8.20. The van der Waals surface area contributed by atoms with Crippen LogP contribution in [0.4, 0.5) is 5.69 Å². The van der Waals surface area contributed by atoms with E-state index in [1.54, 1.807) is 18.2 Å². The highest BCUT2D eigenvalue weighted by Crippen LogP contribution is 2.27. The van der Waals surface area contributed by atoms with Gasteiger partial charge in [0.05, 0.1) is 17.3 Å². The molecule has 0 atom stereocenters. The fraction of sp³-hybridized carbons (Fsp3) is 0.0714. The molecule has 0 amide bonds. The summed E-state index contributed by atoms with van der Waals surface area (Å²) in [6, 6.07) is 14.8. The van der Waals surface area contributed by atoms with Crippen molar-refractivity contribution < 1.29 is 4.74 Å². The van der Waals surface area contributed by atoms with Crippen molar-refractivity contribution in [3.8, 4) is 17.6 Å². The third kappa shape index (κ3) is 2.37. The molecule has 0 saturated carbocycles. The number of anilines is 1. The van der Waals surface area contributed by atoms with Crippen LogP contribution in [0.2, 0.25) is 0 Å². The van der Waals surface area contributed by atoms with Gasteiger partial charge in [-0.05, 0) is 42.8 Å². The Morgan fingerprint density at radius 3 is 2.59 bits per heavy atom. The van der Waals surface area contributed by atoms with E-state index in [4.69, 9.17) is 15.7 Å². The first-order valence-electron chi connectivity index (χ1n) is 5.24. The second-order valence-corrected chi connectivity index (χ2v) is 3.73. The maximum atomic E-state index is 8.83. The first-order valence-corrected chi connectivity index (χ1v) is 5.24. The summed E-state index contributed by atoms with van der Waals surface area (Å²) >= 11 is 0. The fourth-order valence-electron chi connectivity index (χ4n) is 1.53. The van der Waals surface area contributed by atoms with Crippen LogP contribution in [0.5, 0.6) is 11.5 Å². The van der Waals surface area contributed by atoms with Crippen molar-refractivity contribution in [3.63, 3.8) is 0 Å². The predicted molar refractivity (Wildman–Crippen MR) is 66.8 cm³/mol. The van der Waals surface area contributed by atoms with Crippen molar-refractivity contribution in [1.82, 2.24) is 0 Å². The Hall–Kier alpha value is -2.47. The summed E-state index contributed by atoms with van der Waals surface area (Å²) in [6.07, 6.45) is 0. The smallest absolute Gasteiger partial charge is 0.150 e. The number of ether oxygens (including phenoxy) is 1. The first kappa shape index (κ1) is 11.0. The molecule has 2 aromatic carbocycles. The van der Waals surface area contributed by atoms with E-state index in [1.807, 2.05) is 31.2 Å². The van der Waals surface area contributed by atoms with Crippen LogP contribution >= 0.6 is 0 Å². The summed E-state index contributed by atoms with van der Waals surface area (Å²) < 4.78 is 5.66. The molecule has 84 valence electrons. The van der Waals surface area contributed by atoms with E-state index in [2.05, 4.69) is 6.07 Å². The van der Waals surface area contributed by atoms with Gasteiger partial charge in [-0.3, -0.25) is 0 Å². The van der Waals surface area contributed by atoms with Crippen molar-refractivity contribution in [1.29, 1.82) is 5.26 Å². The number of nitriles is 1. The predicted octanol–water partition coefficient (Wildman–Crippen LogP) is 3.24. The molecule has 0 spiro atoms. The summed E-state index contributed by atoms with van der Waals surface area (Å²) in [5.74, 6) is 1.30. The van der Waals surface area contributed by atoms with Gasteiger partial charge in [-0.15, -0.1) is 0 Å². The van der Waals surface area contributed by atoms with Crippen LogP contribution in [0, 0.1) is 18.3 Å². The zero-order valence-corrected chi connectivity index (χ0v) is 9.47. The Balaban J connectivity index is 2.29. The van der Waals surface area contributed by atoms with E-state index < -0.39 is 0 Å². The molecular weight excluding hydrogens is 212 g/mol. The number of nitrogen functional groups attached to an aromatic ring is 1. The molecule has 0 aliphatic heterocycles. The molecule has 3 heteroatoms. The molecule has 0 aliphatic carbocycles. The Bertz CT molecular complexity index is 585.